The number of unbranched alkanes of at least 4 members (excludes halogenated alkanes) is 1. The molecule has 0 aromatic rings. The molecule has 0 fully saturated rings. The van der Waals surface area contributed by atoms with Crippen LogP contribution in [0, 0.1) is 11.8 Å². The molecule has 0 saturated heterocycles. The molecule has 0 rings (SSSR count). The van der Waals surface area contributed by atoms with Crippen LogP contribution in [0.1, 0.15) is 52.9 Å². The van der Waals surface area contributed by atoms with Gasteiger partial charge in [-0.2, -0.15) is 0 Å². The predicted octanol–water partition coefficient (Wildman–Crippen LogP) is 3.19. The molecule has 12 heavy (non-hydrogen) atoms. The second-order valence-corrected chi connectivity index (χ2v) is 3.90. The van der Waals surface area contributed by atoms with E-state index in [1.807, 2.05) is 0 Å². The van der Waals surface area contributed by atoms with Gasteiger partial charge in [0.05, 0.1) is 0 Å². The van der Waals surface area contributed by atoms with Gasteiger partial charge in [-0.3, -0.25) is 0 Å². The predicted molar refractivity (Wildman–Crippen MR) is 56.1 cm³/mol. The first-order valence-electron chi connectivity index (χ1n) is 5.46. The van der Waals surface area contributed by atoms with Crippen molar-refractivity contribution in [1.82, 2.24) is 0 Å². The SMILES string of the molecule is CCCCC(C)[C@H](CN)CCC. The minimum absolute atomic E-state index is 0.765. The van der Waals surface area contributed by atoms with E-state index in [4.69, 9.17) is 5.73 Å². The van der Waals surface area contributed by atoms with Crippen LogP contribution in [-0.2, 0) is 0 Å². The second kappa shape index (κ2) is 7.60. The number of hydrogen-bond acceptors (Lipinski definition) is 1. The maximum Gasteiger partial charge on any atom is -0.00463 e. The van der Waals surface area contributed by atoms with Crippen molar-refractivity contribution < 1.29 is 0 Å². The molecule has 2 N–H and O–H groups in total. The Kier molecular flexibility index (Phi) is 7.58. The van der Waals surface area contributed by atoms with Gasteiger partial charge in [0.15, 0.2) is 0 Å². The summed E-state index contributed by atoms with van der Waals surface area (Å²) >= 11 is 0. The van der Waals surface area contributed by atoms with E-state index in [1.165, 1.54) is 32.1 Å². The van der Waals surface area contributed by atoms with Crippen molar-refractivity contribution in [2.75, 3.05) is 6.54 Å². The van der Waals surface area contributed by atoms with E-state index in [-0.39, 0.29) is 0 Å². The maximum absolute atomic E-state index is 5.73. The van der Waals surface area contributed by atoms with Gasteiger partial charge in [0.2, 0.25) is 0 Å². The zero-order chi connectivity index (χ0) is 9.40. The third kappa shape index (κ3) is 4.76. The minimum Gasteiger partial charge on any atom is -0.330 e. The van der Waals surface area contributed by atoms with Crippen LogP contribution < -0.4 is 5.73 Å². The van der Waals surface area contributed by atoms with Crippen molar-refractivity contribution in [2.24, 2.45) is 17.6 Å². The van der Waals surface area contributed by atoms with Gasteiger partial charge in [0, 0.05) is 0 Å². The summed E-state index contributed by atoms with van der Waals surface area (Å²) in [6.45, 7) is 7.72. The summed E-state index contributed by atoms with van der Waals surface area (Å²) in [5.74, 6) is 1.59. The molecule has 1 nitrogen and oxygen atoms in total. The molecule has 0 aromatic carbocycles. The molecule has 0 amide bonds. The monoisotopic (exact) mass is 171 g/mol. The summed E-state index contributed by atoms with van der Waals surface area (Å²) in [6, 6.07) is 0. The molecule has 0 heterocycles. The van der Waals surface area contributed by atoms with E-state index >= 15 is 0 Å². The summed E-state index contributed by atoms with van der Waals surface area (Å²) in [7, 11) is 0. The van der Waals surface area contributed by atoms with Crippen LogP contribution in [0.4, 0.5) is 0 Å². The molecule has 0 spiro atoms. The van der Waals surface area contributed by atoms with Gasteiger partial charge in [-0.1, -0.05) is 46.5 Å². The number of rotatable bonds is 7. The van der Waals surface area contributed by atoms with Gasteiger partial charge >= 0.3 is 0 Å². The highest BCUT2D eigenvalue weighted by Gasteiger charge is 2.13. The average molecular weight is 171 g/mol. The highest BCUT2D eigenvalue weighted by molar-refractivity contribution is 4.66. The lowest BCUT2D eigenvalue weighted by Gasteiger charge is -2.21. The summed E-state index contributed by atoms with van der Waals surface area (Å²) in [5.41, 5.74) is 5.73. The average Bonchev–Trinajstić information content (AvgIpc) is 2.10. The molecule has 0 aliphatic carbocycles. The first-order valence-corrected chi connectivity index (χ1v) is 5.46. The molecule has 0 aliphatic rings. The van der Waals surface area contributed by atoms with Gasteiger partial charge in [0.25, 0.3) is 0 Å². The van der Waals surface area contributed by atoms with Crippen LogP contribution in [0.3, 0.4) is 0 Å². The van der Waals surface area contributed by atoms with Crippen molar-refractivity contribution in [2.45, 2.75) is 52.9 Å². The molecule has 1 heteroatoms. The number of hydrogen-bond donors (Lipinski definition) is 1. The zero-order valence-corrected chi connectivity index (χ0v) is 8.97. The molecule has 0 bridgehead atoms. The summed E-state index contributed by atoms with van der Waals surface area (Å²) in [5, 5.41) is 0. The third-order valence-corrected chi connectivity index (χ3v) is 2.78. The van der Waals surface area contributed by atoms with Crippen LogP contribution in [-0.4, -0.2) is 6.54 Å². The maximum atomic E-state index is 5.73. The van der Waals surface area contributed by atoms with E-state index in [0.717, 1.165) is 18.4 Å². The molecule has 2 atom stereocenters. The van der Waals surface area contributed by atoms with Crippen molar-refractivity contribution in [3.05, 3.63) is 0 Å². The van der Waals surface area contributed by atoms with Gasteiger partial charge < -0.3 is 5.73 Å². The van der Waals surface area contributed by atoms with Crippen molar-refractivity contribution >= 4 is 0 Å². The fraction of sp³-hybridized carbons (Fsp3) is 1.00. The Morgan fingerprint density at radius 2 is 1.75 bits per heavy atom. The minimum atomic E-state index is 0.765. The van der Waals surface area contributed by atoms with E-state index in [9.17, 15) is 0 Å². The molecule has 0 radical (unpaired) electrons. The van der Waals surface area contributed by atoms with Crippen molar-refractivity contribution in [3.8, 4) is 0 Å². The van der Waals surface area contributed by atoms with Crippen LogP contribution >= 0.6 is 0 Å². The summed E-state index contributed by atoms with van der Waals surface area (Å²) < 4.78 is 0. The van der Waals surface area contributed by atoms with Gasteiger partial charge in [-0.25, -0.2) is 0 Å². The van der Waals surface area contributed by atoms with Crippen LogP contribution in [0.5, 0.6) is 0 Å². The fourth-order valence-corrected chi connectivity index (χ4v) is 1.77. The Bertz CT molecular complexity index is 91.0. The van der Waals surface area contributed by atoms with Gasteiger partial charge in [0.1, 0.15) is 0 Å². The highest BCUT2D eigenvalue weighted by atomic mass is 14.6. The van der Waals surface area contributed by atoms with E-state index in [1.54, 1.807) is 0 Å². The lowest BCUT2D eigenvalue weighted by molar-refractivity contribution is 0.316. The van der Waals surface area contributed by atoms with E-state index in [2.05, 4.69) is 20.8 Å². The standard InChI is InChI=1S/C11H25N/c1-4-6-8-10(3)11(9-12)7-5-2/h10-11H,4-9,12H2,1-3H3/t10?,11-/m0/s1. The van der Waals surface area contributed by atoms with Crippen LogP contribution in [0.15, 0.2) is 0 Å². The topological polar surface area (TPSA) is 26.0 Å². The normalized spacial score (nSPS) is 16.0. The quantitative estimate of drug-likeness (QED) is 0.625. The van der Waals surface area contributed by atoms with Crippen molar-refractivity contribution in [3.63, 3.8) is 0 Å². The largest absolute Gasteiger partial charge is 0.330 e. The second-order valence-electron chi connectivity index (χ2n) is 3.90. The van der Waals surface area contributed by atoms with Gasteiger partial charge in [-0.15, -0.1) is 0 Å². The molecular formula is C11H25N. The van der Waals surface area contributed by atoms with Gasteiger partial charge in [-0.05, 0) is 24.8 Å². The molecule has 0 aromatic heterocycles. The Morgan fingerprint density at radius 3 is 2.17 bits per heavy atom. The van der Waals surface area contributed by atoms with E-state index < -0.39 is 0 Å². The van der Waals surface area contributed by atoms with E-state index in [0.29, 0.717) is 0 Å². The molecule has 0 aliphatic heterocycles. The lowest BCUT2D eigenvalue weighted by atomic mass is 9.86. The number of nitrogens with two attached hydrogens (primary N) is 1. The Morgan fingerprint density at radius 1 is 1.08 bits per heavy atom. The Balaban J connectivity index is 3.60. The molecule has 0 saturated carbocycles. The smallest absolute Gasteiger partial charge is 0.00463 e. The first kappa shape index (κ1) is 12.0. The highest BCUT2D eigenvalue weighted by Crippen LogP contribution is 2.21. The Hall–Kier alpha value is -0.0400. The summed E-state index contributed by atoms with van der Waals surface area (Å²) in [6.07, 6.45) is 6.62. The third-order valence-electron chi connectivity index (χ3n) is 2.78. The fourth-order valence-electron chi connectivity index (χ4n) is 1.77. The van der Waals surface area contributed by atoms with Crippen LogP contribution in [0.2, 0.25) is 0 Å². The molecule has 1 unspecified atom stereocenters. The molecule has 74 valence electrons. The van der Waals surface area contributed by atoms with Crippen molar-refractivity contribution in [1.29, 1.82) is 0 Å². The summed E-state index contributed by atoms with van der Waals surface area (Å²) in [4.78, 5) is 0. The molecular weight excluding hydrogens is 146 g/mol. The van der Waals surface area contributed by atoms with Crippen LogP contribution in [0.25, 0.3) is 0 Å². The zero-order valence-electron chi connectivity index (χ0n) is 8.97. The first-order chi connectivity index (χ1) is 5.76. The lowest BCUT2D eigenvalue weighted by Crippen LogP contribution is -2.21. The Labute approximate surface area is 77.7 Å².